The van der Waals surface area contributed by atoms with Gasteiger partial charge in [-0.2, -0.15) is 11.8 Å². The highest BCUT2D eigenvalue weighted by Crippen LogP contribution is 2.11. The zero-order chi connectivity index (χ0) is 10.1. The fourth-order valence-corrected chi connectivity index (χ4v) is 1.79. The summed E-state index contributed by atoms with van der Waals surface area (Å²) in [6.07, 6.45) is 6.28. The monoisotopic (exact) mass is 203 g/mol. The fourth-order valence-electron chi connectivity index (χ4n) is 1.34. The lowest BCUT2D eigenvalue weighted by Crippen LogP contribution is -2.24. The van der Waals surface area contributed by atoms with Crippen LogP contribution < -0.4 is 5.32 Å². The van der Waals surface area contributed by atoms with Crippen molar-refractivity contribution in [3.63, 3.8) is 0 Å². The van der Waals surface area contributed by atoms with E-state index >= 15 is 0 Å². The van der Waals surface area contributed by atoms with Gasteiger partial charge in [-0.15, -0.1) is 0 Å². The lowest BCUT2D eigenvalue weighted by molar-refractivity contribution is 0.451. The second kappa shape index (κ2) is 8.89. The standard InChI is InChI=1S/C11H25NS/c1-10(2)12-8-7-11(3)6-5-9-13-4/h10-12H,5-9H2,1-4H3. The van der Waals surface area contributed by atoms with Gasteiger partial charge in [-0.05, 0) is 43.7 Å². The van der Waals surface area contributed by atoms with Crippen LogP contribution in [0.2, 0.25) is 0 Å². The van der Waals surface area contributed by atoms with E-state index in [1.807, 2.05) is 11.8 Å². The second-order valence-electron chi connectivity index (χ2n) is 4.14. The van der Waals surface area contributed by atoms with Gasteiger partial charge in [0.25, 0.3) is 0 Å². The van der Waals surface area contributed by atoms with Gasteiger partial charge in [-0.3, -0.25) is 0 Å². The normalized spacial score (nSPS) is 13.6. The number of nitrogens with one attached hydrogen (secondary N) is 1. The van der Waals surface area contributed by atoms with Crippen LogP contribution in [0.25, 0.3) is 0 Å². The average Bonchev–Trinajstić information content (AvgIpc) is 2.04. The van der Waals surface area contributed by atoms with E-state index in [0.29, 0.717) is 6.04 Å². The lowest BCUT2D eigenvalue weighted by atomic mass is 10.0. The van der Waals surface area contributed by atoms with Gasteiger partial charge in [0.15, 0.2) is 0 Å². The molecule has 0 saturated heterocycles. The molecule has 0 bridgehead atoms. The minimum Gasteiger partial charge on any atom is -0.315 e. The van der Waals surface area contributed by atoms with E-state index in [4.69, 9.17) is 0 Å². The van der Waals surface area contributed by atoms with Crippen molar-refractivity contribution in [1.82, 2.24) is 5.32 Å². The molecule has 0 aliphatic rings. The number of thioether (sulfide) groups is 1. The summed E-state index contributed by atoms with van der Waals surface area (Å²) < 4.78 is 0. The van der Waals surface area contributed by atoms with Crippen molar-refractivity contribution in [3.05, 3.63) is 0 Å². The Morgan fingerprint density at radius 3 is 2.38 bits per heavy atom. The summed E-state index contributed by atoms with van der Waals surface area (Å²) in [6.45, 7) is 7.96. The molecule has 1 unspecified atom stereocenters. The molecule has 80 valence electrons. The van der Waals surface area contributed by atoms with Gasteiger partial charge in [0.05, 0.1) is 0 Å². The minimum absolute atomic E-state index is 0.637. The largest absolute Gasteiger partial charge is 0.315 e. The zero-order valence-corrected chi connectivity index (χ0v) is 10.4. The minimum atomic E-state index is 0.637. The highest BCUT2D eigenvalue weighted by molar-refractivity contribution is 7.98. The van der Waals surface area contributed by atoms with Crippen LogP contribution in [0, 0.1) is 5.92 Å². The van der Waals surface area contributed by atoms with Crippen LogP contribution in [-0.2, 0) is 0 Å². The van der Waals surface area contributed by atoms with Crippen molar-refractivity contribution < 1.29 is 0 Å². The summed E-state index contributed by atoms with van der Waals surface area (Å²) in [5.41, 5.74) is 0. The maximum atomic E-state index is 3.46. The first kappa shape index (κ1) is 13.3. The Kier molecular flexibility index (Phi) is 9.10. The second-order valence-corrected chi connectivity index (χ2v) is 5.12. The highest BCUT2D eigenvalue weighted by Gasteiger charge is 2.01. The van der Waals surface area contributed by atoms with Gasteiger partial charge in [-0.1, -0.05) is 20.8 Å². The van der Waals surface area contributed by atoms with E-state index < -0.39 is 0 Å². The summed E-state index contributed by atoms with van der Waals surface area (Å²) >= 11 is 1.96. The SMILES string of the molecule is CSCCCC(C)CCNC(C)C. The van der Waals surface area contributed by atoms with Gasteiger partial charge in [0.2, 0.25) is 0 Å². The first-order valence-corrected chi connectivity index (χ1v) is 6.78. The van der Waals surface area contributed by atoms with Crippen molar-refractivity contribution in [2.45, 2.75) is 46.1 Å². The predicted octanol–water partition coefficient (Wildman–Crippen LogP) is 3.15. The molecule has 0 saturated carbocycles. The molecule has 0 spiro atoms. The number of hydrogen-bond acceptors (Lipinski definition) is 2. The van der Waals surface area contributed by atoms with Gasteiger partial charge >= 0.3 is 0 Å². The maximum absolute atomic E-state index is 3.46. The van der Waals surface area contributed by atoms with E-state index in [1.165, 1.54) is 31.6 Å². The van der Waals surface area contributed by atoms with Crippen LogP contribution in [-0.4, -0.2) is 24.6 Å². The van der Waals surface area contributed by atoms with Crippen molar-refractivity contribution in [2.75, 3.05) is 18.6 Å². The molecule has 1 nitrogen and oxygen atoms in total. The first-order valence-electron chi connectivity index (χ1n) is 5.39. The predicted molar refractivity (Wildman–Crippen MR) is 64.5 cm³/mol. The Morgan fingerprint density at radius 1 is 1.15 bits per heavy atom. The van der Waals surface area contributed by atoms with Crippen molar-refractivity contribution in [2.24, 2.45) is 5.92 Å². The van der Waals surface area contributed by atoms with Crippen molar-refractivity contribution in [1.29, 1.82) is 0 Å². The molecule has 13 heavy (non-hydrogen) atoms. The van der Waals surface area contributed by atoms with Crippen LogP contribution in [0.1, 0.15) is 40.0 Å². The molecule has 0 aromatic heterocycles. The topological polar surface area (TPSA) is 12.0 Å². The Balaban J connectivity index is 3.15. The molecular weight excluding hydrogens is 178 g/mol. The fraction of sp³-hybridized carbons (Fsp3) is 1.00. The van der Waals surface area contributed by atoms with Crippen LogP contribution in [0.3, 0.4) is 0 Å². The van der Waals surface area contributed by atoms with E-state index in [0.717, 1.165) is 5.92 Å². The van der Waals surface area contributed by atoms with Gasteiger partial charge in [0, 0.05) is 6.04 Å². The molecule has 0 aromatic rings. The van der Waals surface area contributed by atoms with Crippen molar-refractivity contribution in [3.8, 4) is 0 Å². The van der Waals surface area contributed by atoms with Gasteiger partial charge in [0.1, 0.15) is 0 Å². The quantitative estimate of drug-likeness (QED) is 0.608. The smallest absolute Gasteiger partial charge is 0.00103 e. The molecule has 0 aromatic carbocycles. The van der Waals surface area contributed by atoms with Gasteiger partial charge in [-0.25, -0.2) is 0 Å². The van der Waals surface area contributed by atoms with Crippen LogP contribution >= 0.6 is 11.8 Å². The highest BCUT2D eigenvalue weighted by atomic mass is 32.2. The molecule has 0 radical (unpaired) electrons. The lowest BCUT2D eigenvalue weighted by Gasteiger charge is -2.13. The third-order valence-corrected chi connectivity index (χ3v) is 2.93. The summed E-state index contributed by atoms with van der Waals surface area (Å²) in [5.74, 6) is 2.21. The van der Waals surface area contributed by atoms with E-state index in [2.05, 4.69) is 32.3 Å². The molecule has 0 rings (SSSR count). The van der Waals surface area contributed by atoms with Crippen molar-refractivity contribution >= 4 is 11.8 Å². The molecule has 0 aliphatic heterocycles. The number of rotatable bonds is 8. The molecule has 1 atom stereocenters. The molecule has 1 N–H and O–H groups in total. The molecule has 2 heteroatoms. The zero-order valence-electron chi connectivity index (χ0n) is 9.60. The maximum Gasteiger partial charge on any atom is 0.00103 e. The van der Waals surface area contributed by atoms with Crippen LogP contribution in [0.15, 0.2) is 0 Å². The molecule has 0 heterocycles. The molecule has 0 aliphatic carbocycles. The van der Waals surface area contributed by atoms with Crippen LogP contribution in [0.5, 0.6) is 0 Å². The summed E-state index contributed by atoms with van der Waals surface area (Å²) in [5, 5.41) is 3.46. The average molecular weight is 203 g/mol. The van der Waals surface area contributed by atoms with E-state index in [-0.39, 0.29) is 0 Å². The molecular formula is C11H25NS. The number of hydrogen-bond donors (Lipinski definition) is 1. The van der Waals surface area contributed by atoms with E-state index in [1.54, 1.807) is 0 Å². The Bertz CT molecular complexity index is 104. The van der Waals surface area contributed by atoms with E-state index in [9.17, 15) is 0 Å². The third kappa shape index (κ3) is 10.2. The Labute approximate surface area is 88.1 Å². The summed E-state index contributed by atoms with van der Waals surface area (Å²) in [7, 11) is 0. The first-order chi connectivity index (χ1) is 6.16. The Morgan fingerprint density at radius 2 is 1.85 bits per heavy atom. The Hall–Kier alpha value is 0.310. The summed E-state index contributed by atoms with van der Waals surface area (Å²) in [4.78, 5) is 0. The molecule has 0 fully saturated rings. The summed E-state index contributed by atoms with van der Waals surface area (Å²) in [6, 6.07) is 0.637. The molecule has 0 amide bonds. The van der Waals surface area contributed by atoms with Gasteiger partial charge < -0.3 is 5.32 Å². The third-order valence-electron chi connectivity index (χ3n) is 2.24. The van der Waals surface area contributed by atoms with Crippen LogP contribution in [0.4, 0.5) is 0 Å².